The molecule has 2 atom stereocenters. The second-order valence-electron chi connectivity index (χ2n) is 4.69. The quantitative estimate of drug-likeness (QED) is 0.808. The van der Waals surface area contributed by atoms with Gasteiger partial charge in [0.2, 0.25) is 0 Å². The van der Waals surface area contributed by atoms with Gasteiger partial charge in [-0.05, 0) is 36.3 Å². The molecule has 2 rings (SSSR count). The van der Waals surface area contributed by atoms with Crippen molar-refractivity contribution >= 4 is 0 Å². The van der Waals surface area contributed by atoms with E-state index in [-0.39, 0.29) is 0 Å². The number of nitrogens with zero attached hydrogens (tertiary/aromatic N) is 4. The minimum absolute atomic E-state index is 0.458. The lowest BCUT2D eigenvalue weighted by atomic mass is 9.92. The Morgan fingerprint density at radius 2 is 1.67 bits per heavy atom. The molecule has 4 nitrogen and oxygen atoms in total. The van der Waals surface area contributed by atoms with E-state index in [0.29, 0.717) is 11.8 Å². The van der Waals surface area contributed by atoms with Gasteiger partial charge in [-0.1, -0.05) is 13.8 Å². The number of hydrogen-bond donors (Lipinski definition) is 0. The predicted octanol–water partition coefficient (Wildman–Crippen LogP) is 2.95. The highest BCUT2D eigenvalue weighted by atomic mass is 14.8. The minimum atomic E-state index is 0.458. The average Bonchev–Trinajstić information content (AvgIpc) is 2.46. The van der Waals surface area contributed by atoms with Crippen molar-refractivity contribution in [3.8, 4) is 0 Å². The maximum absolute atomic E-state index is 4.29. The van der Waals surface area contributed by atoms with Crippen molar-refractivity contribution in [3.63, 3.8) is 0 Å². The minimum Gasteiger partial charge on any atom is -0.245 e. The average molecular weight is 242 g/mol. The summed E-state index contributed by atoms with van der Waals surface area (Å²) >= 11 is 0. The number of rotatable bonds is 5. The van der Waals surface area contributed by atoms with Crippen LogP contribution in [0.25, 0.3) is 0 Å². The maximum atomic E-state index is 4.29. The Bertz CT molecular complexity index is 412. The van der Waals surface area contributed by atoms with E-state index < -0.39 is 0 Å². The van der Waals surface area contributed by atoms with Crippen LogP contribution < -0.4 is 0 Å². The lowest BCUT2D eigenvalue weighted by molar-refractivity contribution is 0.562. The van der Waals surface area contributed by atoms with Crippen molar-refractivity contribution in [2.24, 2.45) is 0 Å². The fourth-order valence-electron chi connectivity index (χ4n) is 1.97. The summed E-state index contributed by atoms with van der Waals surface area (Å²) < 4.78 is 0. The summed E-state index contributed by atoms with van der Waals surface area (Å²) in [5, 5.41) is 0. The van der Waals surface area contributed by atoms with E-state index in [4.69, 9.17) is 0 Å². The molecule has 0 saturated carbocycles. The molecule has 0 amide bonds. The molecule has 0 aromatic carbocycles. The van der Waals surface area contributed by atoms with Gasteiger partial charge < -0.3 is 0 Å². The molecule has 0 aliphatic carbocycles. The second-order valence-corrected chi connectivity index (χ2v) is 4.69. The molecule has 2 aromatic heterocycles. The molecule has 0 fully saturated rings. The molecule has 18 heavy (non-hydrogen) atoms. The zero-order valence-corrected chi connectivity index (χ0v) is 10.8. The molecule has 94 valence electrons. The molecule has 0 radical (unpaired) electrons. The van der Waals surface area contributed by atoms with Gasteiger partial charge in [-0.25, -0.2) is 19.9 Å². The summed E-state index contributed by atoms with van der Waals surface area (Å²) in [6.07, 6.45) is 11.0. The van der Waals surface area contributed by atoms with Crippen LogP contribution in [-0.4, -0.2) is 19.9 Å². The SMILES string of the molecule is CC(CCC(C)c1ccncn1)c1cncnc1. The molecular formula is C14H18N4. The Balaban J connectivity index is 1.89. The van der Waals surface area contributed by atoms with Crippen LogP contribution >= 0.6 is 0 Å². The molecule has 0 bridgehead atoms. The maximum Gasteiger partial charge on any atom is 0.115 e. The Morgan fingerprint density at radius 3 is 2.33 bits per heavy atom. The van der Waals surface area contributed by atoms with Crippen LogP contribution in [0.1, 0.15) is 49.8 Å². The molecule has 0 aliphatic rings. The Kier molecular flexibility index (Phi) is 4.34. The van der Waals surface area contributed by atoms with Gasteiger partial charge in [-0.3, -0.25) is 0 Å². The largest absolute Gasteiger partial charge is 0.245 e. The fourth-order valence-corrected chi connectivity index (χ4v) is 1.97. The van der Waals surface area contributed by atoms with E-state index in [1.165, 1.54) is 5.56 Å². The van der Waals surface area contributed by atoms with E-state index in [2.05, 4.69) is 33.8 Å². The van der Waals surface area contributed by atoms with Gasteiger partial charge in [0.25, 0.3) is 0 Å². The number of hydrogen-bond acceptors (Lipinski definition) is 4. The summed E-state index contributed by atoms with van der Waals surface area (Å²) in [7, 11) is 0. The predicted molar refractivity (Wildman–Crippen MR) is 70.1 cm³/mol. The summed E-state index contributed by atoms with van der Waals surface area (Å²) in [6, 6.07) is 1.99. The lowest BCUT2D eigenvalue weighted by Gasteiger charge is -2.14. The normalized spacial score (nSPS) is 14.1. The third-order valence-electron chi connectivity index (χ3n) is 3.29. The summed E-state index contributed by atoms with van der Waals surface area (Å²) in [6.45, 7) is 4.42. The van der Waals surface area contributed by atoms with Crippen LogP contribution in [0.3, 0.4) is 0 Å². The van der Waals surface area contributed by atoms with Gasteiger partial charge in [-0.15, -0.1) is 0 Å². The lowest BCUT2D eigenvalue weighted by Crippen LogP contribution is -2.01. The summed E-state index contributed by atoms with van der Waals surface area (Å²) in [4.78, 5) is 16.4. The van der Waals surface area contributed by atoms with E-state index >= 15 is 0 Å². The topological polar surface area (TPSA) is 51.6 Å². The van der Waals surface area contributed by atoms with Gasteiger partial charge >= 0.3 is 0 Å². The third kappa shape index (κ3) is 3.32. The molecule has 4 heteroatoms. The van der Waals surface area contributed by atoms with E-state index in [1.807, 2.05) is 18.5 Å². The molecule has 0 spiro atoms. The van der Waals surface area contributed by atoms with Crippen LogP contribution in [0, 0.1) is 0 Å². The highest BCUT2D eigenvalue weighted by molar-refractivity contribution is 5.10. The van der Waals surface area contributed by atoms with Crippen molar-refractivity contribution in [2.75, 3.05) is 0 Å². The summed E-state index contributed by atoms with van der Waals surface area (Å²) in [5.41, 5.74) is 2.31. The zero-order valence-electron chi connectivity index (χ0n) is 10.8. The standard InChI is InChI=1S/C14H18N4/c1-11(13-7-16-9-17-8-13)3-4-12(2)14-5-6-15-10-18-14/h5-12H,3-4H2,1-2H3. The molecule has 2 aromatic rings. The highest BCUT2D eigenvalue weighted by Crippen LogP contribution is 2.25. The third-order valence-corrected chi connectivity index (χ3v) is 3.29. The highest BCUT2D eigenvalue weighted by Gasteiger charge is 2.11. The first-order valence-electron chi connectivity index (χ1n) is 6.28. The molecule has 0 aliphatic heterocycles. The summed E-state index contributed by atoms with van der Waals surface area (Å²) in [5.74, 6) is 0.940. The van der Waals surface area contributed by atoms with E-state index in [9.17, 15) is 0 Å². The molecular weight excluding hydrogens is 224 g/mol. The van der Waals surface area contributed by atoms with Crippen LogP contribution in [-0.2, 0) is 0 Å². The first kappa shape index (κ1) is 12.6. The van der Waals surface area contributed by atoms with Gasteiger partial charge in [0.05, 0.1) is 0 Å². The van der Waals surface area contributed by atoms with Gasteiger partial charge in [0.1, 0.15) is 12.7 Å². The van der Waals surface area contributed by atoms with Crippen LogP contribution in [0.4, 0.5) is 0 Å². The van der Waals surface area contributed by atoms with Crippen molar-refractivity contribution in [1.82, 2.24) is 19.9 Å². The Morgan fingerprint density at radius 1 is 0.944 bits per heavy atom. The second kappa shape index (κ2) is 6.19. The van der Waals surface area contributed by atoms with Crippen molar-refractivity contribution in [3.05, 3.63) is 48.6 Å². The van der Waals surface area contributed by atoms with Gasteiger partial charge in [0.15, 0.2) is 0 Å². The number of aromatic nitrogens is 4. The zero-order chi connectivity index (χ0) is 12.8. The molecule has 0 saturated heterocycles. The van der Waals surface area contributed by atoms with Crippen molar-refractivity contribution < 1.29 is 0 Å². The molecule has 2 heterocycles. The molecule has 0 N–H and O–H groups in total. The monoisotopic (exact) mass is 242 g/mol. The van der Waals surface area contributed by atoms with Crippen LogP contribution in [0.2, 0.25) is 0 Å². The van der Waals surface area contributed by atoms with Crippen LogP contribution in [0.15, 0.2) is 37.3 Å². The smallest absolute Gasteiger partial charge is 0.115 e. The Hall–Kier alpha value is -1.84. The van der Waals surface area contributed by atoms with Crippen molar-refractivity contribution in [1.29, 1.82) is 0 Å². The Labute approximate surface area is 108 Å². The first-order valence-corrected chi connectivity index (χ1v) is 6.28. The first-order chi connectivity index (χ1) is 8.77. The molecule has 2 unspecified atom stereocenters. The van der Waals surface area contributed by atoms with E-state index in [1.54, 1.807) is 18.9 Å². The fraction of sp³-hybridized carbons (Fsp3) is 0.429. The van der Waals surface area contributed by atoms with Gasteiger partial charge in [-0.2, -0.15) is 0 Å². The van der Waals surface area contributed by atoms with Gasteiger partial charge in [0, 0.05) is 24.3 Å². The van der Waals surface area contributed by atoms with Crippen LogP contribution in [0.5, 0.6) is 0 Å². The van der Waals surface area contributed by atoms with E-state index in [0.717, 1.165) is 18.5 Å². The van der Waals surface area contributed by atoms with Crippen molar-refractivity contribution in [2.45, 2.75) is 38.5 Å².